The zero-order valence-corrected chi connectivity index (χ0v) is 8.29. The van der Waals surface area contributed by atoms with Crippen LogP contribution < -0.4 is 5.32 Å². The SMILES string of the molecule is O=C(NC1CC1)c1ccc2[nH]ccc2c1. The minimum atomic E-state index is 0.0422. The molecule has 0 unspecified atom stereocenters. The number of carbonyl (C=O) groups excluding carboxylic acids is 1. The van der Waals surface area contributed by atoms with Crippen LogP contribution in [0.3, 0.4) is 0 Å². The second-order valence-corrected chi connectivity index (χ2v) is 4.03. The molecule has 0 radical (unpaired) electrons. The molecule has 0 atom stereocenters. The summed E-state index contributed by atoms with van der Waals surface area (Å²) >= 11 is 0. The van der Waals surface area contributed by atoms with E-state index in [0.29, 0.717) is 6.04 Å². The lowest BCUT2D eigenvalue weighted by Gasteiger charge is -2.02. The second-order valence-electron chi connectivity index (χ2n) is 4.03. The normalized spacial score (nSPS) is 15.5. The standard InChI is InChI=1S/C12H12N2O/c15-12(14-10-2-3-10)9-1-4-11-8(7-9)5-6-13-11/h1,4-7,10,13H,2-3H2,(H,14,15). The van der Waals surface area contributed by atoms with Crippen molar-refractivity contribution in [2.24, 2.45) is 0 Å². The Bertz CT molecular complexity index is 511. The molecule has 1 saturated carbocycles. The summed E-state index contributed by atoms with van der Waals surface area (Å²) in [5.74, 6) is 0.0422. The van der Waals surface area contributed by atoms with Gasteiger partial charge in [0.15, 0.2) is 0 Å². The molecule has 1 aromatic heterocycles. The first-order valence-corrected chi connectivity index (χ1v) is 5.21. The summed E-state index contributed by atoms with van der Waals surface area (Å²) in [5, 5.41) is 4.06. The maximum atomic E-state index is 11.7. The van der Waals surface area contributed by atoms with Gasteiger partial charge in [-0.3, -0.25) is 4.79 Å². The Hall–Kier alpha value is -1.77. The molecule has 1 amide bonds. The van der Waals surface area contributed by atoms with E-state index in [1.54, 1.807) is 0 Å². The van der Waals surface area contributed by atoms with E-state index in [-0.39, 0.29) is 5.91 Å². The lowest BCUT2D eigenvalue weighted by atomic mass is 10.1. The lowest BCUT2D eigenvalue weighted by molar-refractivity contribution is 0.0951. The summed E-state index contributed by atoms with van der Waals surface area (Å²) < 4.78 is 0. The molecule has 0 saturated heterocycles. The summed E-state index contributed by atoms with van der Waals surface area (Å²) in [7, 11) is 0. The van der Waals surface area contributed by atoms with Crippen molar-refractivity contribution in [2.45, 2.75) is 18.9 Å². The van der Waals surface area contributed by atoms with Crippen molar-refractivity contribution in [3.63, 3.8) is 0 Å². The molecule has 0 spiro atoms. The number of hydrogen-bond acceptors (Lipinski definition) is 1. The first-order chi connectivity index (χ1) is 7.33. The third-order valence-corrected chi connectivity index (χ3v) is 2.73. The number of rotatable bonds is 2. The van der Waals surface area contributed by atoms with Crippen LogP contribution in [0.15, 0.2) is 30.5 Å². The van der Waals surface area contributed by atoms with Gasteiger partial charge in [0, 0.05) is 28.7 Å². The smallest absolute Gasteiger partial charge is 0.251 e. The van der Waals surface area contributed by atoms with Gasteiger partial charge in [0.25, 0.3) is 5.91 Å². The molecule has 3 heteroatoms. The van der Waals surface area contributed by atoms with Crippen LogP contribution in [0.5, 0.6) is 0 Å². The minimum Gasteiger partial charge on any atom is -0.361 e. The predicted octanol–water partition coefficient (Wildman–Crippen LogP) is 2.06. The van der Waals surface area contributed by atoms with Crippen molar-refractivity contribution < 1.29 is 4.79 Å². The van der Waals surface area contributed by atoms with E-state index in [1.165, 1.54) is 0 Å². The highest BCUT2D eigenvalue weighted by Crippen LogP contribution is 2.20. The highest BCUT2D eigenvalue weighted by molar-refractivity contribution is 5.98. The monoisotopic (exact) mass is 200 g/mol. The van der Waals surface area contributed by atoms with Gasteiger partial charge in [-0.15, -0.1) is 0 Å². The summed E-state index contributed by atoms with van der Waals surface area (Å²) in [6.07, 6.45) is 4.13. The van der Waals surface area contributed by atoms with Crippen LogP contribution in [0.4, 0.5) is 0 Å². The molecule has 3 nitrogen and oxygen atoms in total. The number of H-pyrrole nitrogens is 1. The van der Waals surface area contributed by atoms with E-state index in [0.717, 1.165) is 29.3 Å². The van der Waals surface area contributed by atoms with Crippen molar-refractivity contribution in [1.29, 1.82) is 0 Å². The molecule has 3 rings (SSSR count). The largest absolute Gasteiger partial charge is 0.361 e. The van der Waals surface area contributed by atoms with Gasteiger partial charge in [-0.2, -0.15) is 0 Å². The van der Waals surface area contributed by atoms with E-state index in [1.807, 2.05) is 30.5 Å². The second kappa shape index (κ2) is 3.12. The van der Waals surface area contributed by atoms with Gasteiger partial charge in [-0.25, -0.2) is 0 Å². The highest BCUT2D eigenvalue weighted by Gasteiger charge is 2.23. The van der Waals surface area contributed by atoms with E-state index in [4.69, 9.17) is 0 Å². The van der Waals surface area contributed by atoms with Crippen LogP contribution in [0, 0.1) is 0 Å². The third kappa shape index (κ3) is 1.61. The van der Waals surface area contributed by atoms with Gasteiger partial charge in [0.1, 0.15) is 0 Å². The number of amides is 1. The van der Waals surface area contributed by atoms with Gasteiger partial charge in [-0.05, 0) is 37.1 Å². The van der Waals surface area contributed by atoms with Crippen LogP contribution in [0.2, 0.25) is 0 Å². The van der Waals surface area contributed by atoms with Crippen LogP contribution in [-0.2, 0) is 0 Å². The van der Waals surface area contributed by atoms with Crippen LogP contribution in [0.25, 0.3) is 10.9 Å². The first-order valence-electron chi connectivity index (χ1n) is 5.21. The molecule has 15 heavy (non-hydrogen) atoms. The Kier molecular flexibility index (Phi) is 1.78. The van der Waals surface area contributed by atoms with E-state index in [9.17, 15) is 4.79 Å². The van der Waals surface area contributed by atoms with Crippen LogP contribution in [-0.4, -0.2) is 16.9 Å². The number of carbonyl (C=O) groups is 1. The molecule has 2 N–H and O–H groups in total. The Balaban J connectivity index is 1.91. The first kappa shape index (κ1) is 8.53. The fraction of sp³-hybridized carbons (Fsp3) is 0.250. The van der Waals surface area contributed by atoms with Crippen LogP contribution >= 0.6 is 0 Å². The molecule has 0 aliphatic heterocycles. The number of fused-ring (bicyclic) bond motifs is 1. The molecular weight excluding hydrogens is 188 g/mol. The molecule has 0 bridgehead atoms. The topological polar surface area (TPSA) is 44.9 Å². The molecule has 1 aliphatic carbocycles. The molecule has 1 aliphatic rings. The van der Waals surface area contributed by atoms with Gasteiger partial charge in [0.05, 0.1) is 0 Å². The fourth-order valence-corrected chi connectivity index (χ4v) is 1.69. The summed E-state index contributed by atoms with van der Waals surface area (Å²) in [6, 6.07) is 8.11. The average molecular weight is 200 g/mol. The number of hydrogen-bond donors (Lipinski definition) is 2. The number of benzene rings is 1. The zero-order chi connectivity index (χ0) is 10.3. The Morgan fingerprint density at radius 2 is 2.20 bits per heavy atom. The molecule has 76 valence electrons. The van der Waals surface area contributed by atoms with Gasteiger partial charge < -0.3 is 10.3 Å². The van der Waals surface area contributed by atoms with E-state index < -0.39 is 0 Å². The number of aromatic nitrogens is 1. The highest BCUT2D eigenvalue weighted by atomic mass is 16.1. The molecule has 2 aromatic rings. The molecule has 1 fully saturated rings. The molecule has 1 aromatic carbocycles. The minimum absolute atomic E-state index is 0.0422. The maximum absolute atomic E-state index is 11.7. The van der Waals surface area contributed by atoms with E-state index in [2.05, 4.69) is 10.3 Å². The van der Waals surface area contributed by atoms with Crippen molar-refractivity contribution in [3.8, 4) is 0 Å². The third-order valence-electron chi connectivity index (χ3n) is 2.73. The summed E-state index contributed by atoms with van der Waals surface area (Å²) in [4.78, 5) is 14.8. The van der Waals surface area contributed by atoms with Gasteiger partial charge in [-0.1, -0.05) is 0 Å². The Morgan fingerprint density at radius 3 is 3.00 bits per heavy atom. The Labute approximate surface area is 87.5 Å². The fourth-order valence-electron chi connectivity index (χ4n) is 1.69. The summed E-state index contributed by atoms with van der Waals surface area (Å²) in [5.41, 5.74) is 1.81. The van der Waals surface area contributed by atoms with Crippen molar-refractivity contribution in [2.75, 3.05) is 0 Å². The maximum Gasteiger partial charge on any atom is 0.251 e. The van der Waals surface area contributed by atoms with Gasteiger partial charge >= 0.3 is 0 Å². The van der Waals surface area contributed by atoms with Crippen LogP contribution in [0.1, 0.15) is 23.2 Å². The Morgan fingerprint density at radius 1 is 1.33 bits per heavy atom. The van der Waals surface area contributed by atoms with E-state index >= 15 is 0 Å². The van der Waals surface area contributed by atoms with Gasteiger partial charge in [0.2, 0.25) is 0 Å². The van der Waals surface area contributed by atoms with Crippen molar-refractivity contribution in [3.05, 3.63) is 36.0 Å². The van der Waals surface area contributed by atoms with Crippen molar-refractivity contribution in [1.82, 2.24) is 10.3 Å². The molecule has 1 heterocycles. The average Bonchev–Trinajstić information content (AvgIpc) is 2.94. The number of aromatic amines is 1. The number of nitrogens with one attached hydrogen (secondary N) is 2. The van der Waals surface area contributed by atoms with Crippen molar-refractivity contribution >= 4 is 16.8 Å². The predicted molar refractivity (Wildman–Crippen MR) is 58.8 cm³/mol. The quantitative estimate of drug-likeness (QED) is 0.765. The zero-order valence-electron chi connectivity index (χ0n) is 8.29. The molecular formula is C12H12N2O. The summed E-state index contributed by atoms with van der Waals surface area (Å²) in [6.45, 7) is 0. The lowest BCUT2D eigenvalue weighted by Crippen LogP contribution is -2.25.